The van der Waals surface area contributed by atoms with Crippen molar-refractivity contribution in [2.45, 2.75) is 52.0 Å². The minimum atomic E-state index is -3.36. The van der Waals surface area contributed by atoms with Gasteiger partial charge in [0.2, 0.25) is 10.0 Å². The molecule has 0 radical (unpaired) electrons. The number of thiophene rings is 1. The molecule has 0 amide bonds. The van der Waals surface area contributed by atoms with Crippen LogP contribution in [0.15, 0.2) is 11.0 Å². The van der Waals surface area contributed by atoms with Gasteiger partial charge in [0.15, 0.2) is 0 Å². The highest BCUT2D eigenvalue weighted by Gasteiger charge is 2.24. The van der Waals surface area contributed by atoms with Gasteiger partial charge in [-0.2, -0.15) is 0 Å². The van der Waals surface area contributed by atoms with Crippen LogP contribution in [0.1, 0.15) is 43.4 Å². The first-order valence-electron chi connectivity index (χ1n) is 7.55. The third-order valence-corrected chi connectivity index (χ3v) is 6.52. The second kappa shape index (κ2) is 8.27. The van der Waals surface area contributed by atoms with Gasteiger partial charge in [0.05, 0.1) is 4.90 Å². The monoisotopic (exact) mass is 332 g/mol. The highest BCUT2D eigenvalue weighted by Crippen LogP contribution is 2.28. The Morgan fingerprint density at radius 2 is 2.05 bits per heavy atom. The van der Waals surface area contributed by atoms with Crippen LogP contribution in [-0.2, 0) is 16.6 Å². The zero-order chi connectivity index (χ0) is 16.0. The average Bonchev–Trinajstić information content (AvgIpc) is 2.78. The first-order chi connectivity index (χ1) is 9.78. The van der Waals surface area contributed by atoms with Gasteiger partial charge in [0.25, 0.3) is 0 Å². The Morgan fingerprint density at radius 3 is 2.62 bits per heavy atom. The van der Waals surface area contributed by atoms with Crippen molar-refractivity contribution in [3.63, 3.8) is 0 Å². The molecule has 0 aliphatic heterocycles. The molecule has 0 fully saturated rings. The van der Waals surface area contributed by atoms with Crippen LogP contribution >= 0.6 is 11.3 Å². The van der Waals surface area contributed by atoms with E-state index in [0.717, 1.165) is 35.7 Å². The molecule has 1 rings (SSSR count). The fraction of sp³-hybridized carbons (Fsp3) is 0.733. The molecule has 0 saturated heterocycles. The number of nitrogens with zero attached hydrogens (tertiary/aromatic N) is 1. The van der Waals surface area contributed by atoms with Gasteiger partial charge in [0.1, 0.15) is 0 Å². The van der Waals surface area contributed by atoms with Crippen molar-refractivity contribution in [3.05, 3.63) is 15.8 Å². The van der Waals surface area contributed by atoms with Gasteiger partial charge < -0.3 is 5.32 Å². The van der Waals surface area contributed by atoms with Crippen molar-refractivity contribution in [2.75, 3.05) is 20.1 Å². The lowest BCUT2D eigenvalue weighted by atomic mass is 10.1. The summed E-state index contributed by atoms with van der Waals surface area (Å²) in [5.74, 6) is 0.500. The smallest absolute Gasteiger partial charge is 0.243 e. The Hall–Kier alpha value is -0.430. The Labute approximate surface area is 133 Å². The molecule has 0 aromatic carbocycles. The average molecular weight is 333 g/mol. The lowest BCUT2D eigenvalue weighted by molar-refractivity contribution is 0.428. The minimum absolute atomic E-state index is 0.465. The molecule has 1 aromatic heterocycles. The molecule has 0 bridgehead atoms. The molecule has 0 spiro atoms. The van der Waals surface area contributed by atoms with Crippen molar-refractivity contribution in [3.8, 4) is 0 Å². The number of hydrogen-bond donors (Lipinski definition) is 1. The molecule has 0 atom stereocenters. The third kappa shape index (κ3) is 5.36. The van der Waals surface area contributed by atoms with E-state index in [-0.39, 0.29) is 0 Å². The predicted octanol–water partition coefficient (Wildman–Crippen LogP) is 3.22. The van der Waals surface area contributed by atoms with Gasteiger partial charge in [-0.3, -0.25) is 0 Å². The van der Waals surface area contributed by atoms with Crippen molar-refractivity contribution in [1.29, 1.82) is 0 Å². The van der Waals surface area contributed by atoms with Gasteiger partial charge >= 0.3 is 0 Å². The molecule has 21 heavy (non-hydrogen) atoms. The van der Waals surface area contributed by atoms with Crippen LogP contribution in [0.2, 0.25) is 0 Å². The molecule has 0 saturated carbocycles. The quantitative estimate of drug-likeness (QED) is 0.706. The molecule has 122 valence electrons. The maximum Gasteiger partial charge on any atom is 0.243 e. The summed E-state index contributed by atoms with van der Waals surface area (Å²) >= 11 is 1.57. The van der Waals surface area contributed by atoms with Crippen LogP contribution in [0.3, 0.4) is 0 Å². The third-order valence-electron chi connectivity index (χ3n) is 3.36. The number of rotatable bonds is 9. The van der Waals surface area contributed by atoms with Crippen molar-refractivity contribution in [2.24, 2.45) is 5.92 Å². The summed E-state index contributed by atoms with van der Waals surface area (Å²) in [6.45, 7) is 10.5. The van der Waals surface area contributed by atoms with E-state index in [1.807, 2.05) is 13.0 Å². The molecule has 0 aliphatic carbocycles. The number of nitrogens with one attached hydrogen (secondary N) is 1. The highest BCUT2D eigenvalue weighted by atomic mass is 32.2. The number of aryl methyl sites for hydroxylation is 1. The Bertz CT molecular complexity index is 536. The first kappa shape index (κ1) is 18.6. The van der Waals surface area contributed by atoms with E-state index in [1.54, 1.807) is 18.4 Å². The molecule has 6 heteroatoms. The molecule has 4 nitrogen and oxygen atoms in total. The van der Waals surface area contributed by atoms with Crippen molar-refractivity contribution < 1.29 is 8.42 Å². The van der Waals surface area contributed by atoms with E-state index < -0.39 is 10.0 Å². The highest BCUT2D eigenvalue weighted by molar-refractivity contribution is 7.89. The van der Waals surface area contributed by atoms with Crippen LogP contribution in [-0.4, -0.2) is 32.9 Å². The van der Waals surface area contributed by atoms with E-state index in [0.29, 0.717) is 17.4 Å². The lowest BCUT2D eigenvalue weighted by Crippen LogP contribution is -2.28. The molecular weight excluding hydrogens is 304 g/mol. The van der Waals surface area contributed by atoms with Gasteiger partial charge in [-0.25, -0.2) is 12.7 Å². The van der Waals surface area contributed by atoms with E-state index >= 15 is 0 Å². The van der Waals surface area contributed by atoms with Crippen molar-refractivity contribution in [1.82, 2.24) is 9.62 Å². The molecular formula is C15H28N2O2S2. The van der Waals surface area contributed by atoms with Crippen molar-refractivity contribution >= 4 is 21.4 Å². The standard InChI is InChI=1S/C15H28N2O2S2/c1-6-8-16-11-14-10-15(13(4)20-14)21(18,19)17(5)9-7-12(2)3/h10,12,16H,6-9,11H2,1-5H3. The summed E-state index contributed by atoms with van der Waals surface area (Å²) in [6, 6.07) is 1.82. The maximum atomic E-state index is 12.6. The van der Waals surface area contributed by atoms with Crippen LogP contribution in [0.25, 0.3) is 0 Å². The van der Waals surface area contributed by atoms with Crippen LogP contribution < -0.4 is 5.32 Å². The Kier molecular flexibility index (Phi) is 7.33. The molecule has 1 heterocycles. The molecule has 0 unspecified atom stereocenters. The van der Waals surface area contributed by atoms with Crippen LogP contribution in [0.4, 0.5) is 0 Å². The molecule has 1 N–H and O–H groups in total. The first-order valence-corrected chi connectivity index (χ1v) is 9.81. The van der Waals surface area contributed by atoms with Gasteiger partial charge in [-0.05, 0) is 38.3 Å². The second-order valence-electron chi connectivity index (χ2n) is 5.82. The van der Waals surface area contributed by atoms with E-state index in [4.69, 9.17) is 0 Å². The summed E-state index contributed by atoms with van der Waals surface area (Å²) in [5, 5.41) is 3.31. The van der Waals surface area contributed by atoms with Gasteiger partial charge in [-0.15, -0.1) is 11.3 Å². The number of hydrogen-bond acceptors (Lipinski definition) is 4. The fourth-order valence-electron chi connectivity index (χ4n) is 1.98. The van der Waals surface area contributed by atoms with Gasteiger partial charge in [-0.1, -0.05) is 20.8 Å². The summed E-state index contributed by atoms with van der Waals surface area (Å²) < 4.78 is 26.7. The minimum Gasteiger partial charge on any atom is -0.312 e. The topological polar surface area (TPSA) is 49.4 Å². The summed E-state index contributed by atoms with van der Waals surface area (Å²) in [5.41, 5.74) is 0. The second-order valence-corrected chi connectivity index (χ2v) is 9.17. The van der Waals surface area contributed by atoms with E-state index in [9.17, 15) is 8.42 Å². The normalized spacial score (nSPS) is 12.5. The number of sulfonamides is 1. The zero-order valence-corrected chi connectivity index (χ0v) is 15.4. The summed E-state index contributed by atoms with van der Waals surface area (Å²) in [7, 11) is -1.69. The fourth-order valence-corrected chi connectivity index (χ4v) is 4.74. The SMILES string of the molecule is CCCNCc1cc(S(=O)(=O)N(C)CCC(C)C)c(C)s1. The Morgan fingerprint density at radius 1 is 1.38 bits per heavy atom. The lowest BCUT2D eigenvalue weighted by Gasteiger charge is -2.18. The van der Waals surface area contributed by atoms with Crippen LogP contribution in [0, 0.1) is 12.8 Å². The molecule has 1 aromatic rings. The predicted molar refractivity (Wildman–Crippen MR) is 90.3 cm³/mol. The van der Waals surface area contributed by atoms with Crippen LogP contribution in [0.5, 0.6) is 0 Å². The van der Waals surface area contributed by atoms with Gasteiger partial charge in [0, 0.05) is 29.9 Å². The van der Waals surface area contributed by atoms with E-state index in [1.165, 1.54) is 4.31 Å². The summed E-state index contributed by atoms with van der Waals surface area (Å²) in [4.78, 5) is 2.42. The maximum absolute atomic E-state index is 12.6. The zero-order valence-electron chi connectivity index (χ0n) is 13.8. The largest absolute Gasteiger partial charge is 0.312 e. The summed E-state index contributed by atoms with van der Waals surface area (Å²) in [6.07, 6.45) is 1.96. The Balaban J connectivity index is 2.82. The molecule has 0 aliphatic rings. The van der Waals surface area contributed by atoms with E-state index in [2.05, 4.69) is 26.1 Å².